The monoisotopic (exact) mass is 510 g/mol. The standard InChI is InChI=1S/C30H39FN2O2S/c1-19(2)32-15-8-16-33(20(3)4)30(34)22(6)29-21(5)27(26-14-11-24(31)18-28(26)29)17-23-9-12-25(13-10-23)36(7)35/h9-14,17-20,22,32H,8,15-16H2,1-7H3/b27-17-. The van der Waals surface area contributed by atoms with Gasteiger partial charge in [-0.15, -0.1) is 0 Å². The van der Waals surface area contributed by atoms with Crippen LogP contribution in [0.5, 0.6) is 0 Å². The van der Waals surface area contributed by atoms with E-state index in [-0.39, 0.29) is 17.8 Å². The molecule has 194 valence electrons. The fraction of sp³-hybridized carbons (Fsp3) is 0.433. The number of carbonyl (C=O) groups excluding carboxylic acids is 1. The van der Waals surface area contributed by atoms with E-state index in [1.54, 1.807) is 18.4 Å². The van der Waals surface area contributed by atoms with Gasteiger partial charge in [-0.05, 0) is 104 Å². The number of benzene rings is 2. The molecule has 0 saturated heterocycles. The third-order valence-electron chi connectivity index (χ3n) is 6.73. The number of hydrogen-bond acceptors (Lipinski definition) is 3. The summed E-state index contributed by atoms with van der Waals surface area (Å²) in [6.45, 7) is 13.8. The minimum absolute atomic E-state index is 0.0649. The highest BCUT2D eigenvalue weighted by atomic mass is 32.2. The predicted octanol–water partition coefficient (Wildman–Crippen LogP) is 6.15. The summed E-state index contributed by atoms with van der Waals surface area (Å²) < 4.78 is 26.1. The summed E-state index contributed by atoms with van der Waals surface area (Å²) in [5.41, 5.74) is 5.56. The molecule has 3 rings (SSSR count). The van der Waals surface area contributed by atoms with Gasteiger partial charge in [0, 0.05) is 40.6 Å². The lowest BCUT2D eigenvalue weighted by atomic mass is 9.92. The molecule has 0 saturated carbocycles. The third kappa shape index (κ3) is 6.40. The van der Waals surface area contributed by atoms with E-state index in [2.05, 4.69) is 25.2 Å². The van der Waals surface area contributed by atoms with Gasteiger partial charge < -0.3 is 10.2 Å². The van der Waals surface area contributed by atoms with E-state index in [4.69, 9.17) is 0 Å². The van der Waals surface area contributed by atoms with E-state index >= 15 is 0 Å². The molecule has 0 spiro atoms. The van der Waals surface area contributed by atoms with Crippen LogP contribution in [-0.2, 0) is 15.6 Å². The van der Waals surface area contributed by atoms with E-state index in [0.717, 1.165) is 51.3 Å². The number of carbonyl (C=O) groups is 1. The van der Waals surface area contributed by atoms with Crippen molar-refractivity contribution in [1.29, 1.82) is 0 Å². The molecule has 0 heterocycles. The molecule has 0 aromatic heterocycles. The van der Waals surface area contributed by atoms with Gasteiger partial charge in [-0.1, -0.05) is 32.0 Å². The summed E-state index contributed by atoms with van der Waals surface area (Å²) >= 11 is 0. The smallest absolute Gasteiger partial charge is 0.230 e. The van der Waals surface area contributed by atoms with Gasteiger partial charge in [-0.3, -0.25) is 9.00 Å². The van der Waals surface area contributed by atoms with Crippen molar-refractivity contribution < 1.29 is 13.4 Å². The maximum absolute atomic E-state index is 14.4. The summed E-state index contributed by atoms with van der Waals surface area (Å²) in [5.74, 6) is -0.646. The number of nitrogens with zero attached hydrogens (tertiary/aromatic N) is 1. The van der Waals surface area contributed by atoms with Gasteiger partial charge in [0.05, 0.1) is 5.92 Å². The van der Waals surface area contributed by atoms with Crippen LogP contribution >= 0.6 is 0 Å². The molecule has 2 aromatic carbocycles. The van der Waals surface area contributed by atoms with E-state index < -0.39 is 16.7 Å². The Bertz CT molecular complexity index is 1180. The van der Waals surface area contributed by atoms with Crippen LogP contribution in [0.3, 0.4) is 0 Å². The molecule has 6 heteroatoms. The number of allylic oxidation sites excluding steroid dienone is 2. The second-order valence-electron chi connectivity index (χ2n) is 10.1. The Balaban J connectivity index is 1.96. The topological polar surface area (TPSA) is 49.4 Å². The molecule has 2 aromatic rings. The Morgan fingerprint density at radius 1 is 1.06 bits per heavy atom. The van der Waals surface area contributed by atoms with E-state index in [9.17, 15) is 13.4 Å². The number of amides is 1. The van der Waals surface area contributed by atoms with Crippen molar-refractivity contribution in [3.63, 3.8) is 0 Å². The first-order chi connectivity index (χ1) is 17.0. The Kier molecular flexibility index (Phi) is 9.42. The molecule has 36 heavy (non-hydrogen) atoms. The second-order valence-corrected chi connectivity index (χ2v) is 11.5. The Hall–Kier alpha value is -2.57. The lowest BCUT2D eigenvalue weighted by Crippen LogP contribution is -2.42. The normalized spacial score (nSPS) is 16.1. The highest BCUT2D eigenvalue weighted by Crippen LogP contribution is 2.46. The zero-order valence-corrected chi connectivity index (χ0v) is 23.3. The van der Waals surface area contributed by atoms with Crippen molar-refractivity contribution in [1.82, 2.24) is 10.2 Å². The Labute approximate surface area is 218 Å². The van der Waals surface area contributed by atoms with Crippen LogP contribution in [0.2, 0.25) is 0 Å². The summed E-state index contributed by atoms with van der Waals surface area (Å²) in [5, 5.41) is 3.41. The highest BCUT2D eigenvalue weighted by molar-refractivity contribution is 7.84. The third-order valence-corrected chi connectivity index (χ3v) is 7.67. The number of nitrogens with one attached hydrogen (secondary N) is 1. The van der Waals surface area contributed by atoms with Gasteiger partial charge in [-0.2, -0.15) is 0 Å². The molecule has 2 atom stereocenters. The summed E-state index contributed by atoms with van der Waals surface area (Å²) in [4.78, 5) is 16.5. The summed E-state index contributed by atoms with van der Waals surface area (Å²) in [6.07, 6.45) is 4.60. The number of hydrogen-bond donors (Lipinski definition) is 1. The zero-order chi connectivity index (χ0) is 26.6. The predicted molar refractivity (Wildman–Crippen MR) is 149 cm³/mol. The van der Waals surface area contributed by atoms with Crippen molar-refractivity contribution in [3.8, 4) is 0 Å². The van der Waals surface area contributed by atoms with Gasteiger partial charge in [0.1, 0.15) is 5.82 Å². The number of halogens is 1. The molecule has 1 N–H and O–H groups in total. The summed E-state index contributed by atoms with van der Waals surface area (Å²) in [6, 6.07) is 12.9. The Morgan fingerprint density at radius 2 is 1.72 bits per heavy atom. The lowest BCUT2D eigenvalue weighted by molar-refractivity contribution is -0.135. The first-order valence-corrected chi connectivity index (χ1v) is 14.3. The maximum Gasteiger partial charge on any atom is 0.230 e. The molecule has 1 amide bonds. The molecular formula is C30H39FN2O2S. The average Bonchev–Trinajstić information content (AvgIpc) is 3.08. The van der Waals surface area contributed by atoms with Crippen LogP contribution in [0.4, 0.5) is 4.39 Å². The zero-order valence-electron chi connectivity index (χ0n) is 22.5. The van der Waals surface area contributed by atoms with Crippen molar-refractivity contribution in [2.75, 3.05) is 19.3 Å². The average molecular weight is 511 g/mol. The van der Waals surface area contributed by atoms with Gasteiger partial charge in [0.25, 0.3) is 0 Å². The minimum atomic E-state index is -1.04. The second kappa shape index (κ2) is 12.1. The van der Waals surface area contributed by atoms with Gasteiger partial charge >= 0.3 is 0 Å². The number of fused-ring (bicyclic) bond motifs is 1. The fourth-order valence-electron chi connectivity index (χ4n) is 4.82. The van der Waals surface area contributed by atoms with Crippen LogP contribution in [0.1, 0.15) is 64.7 Å². The molecule has 2 unspecified atom stereocenters. The molecule has 4 nitrogen and oxygen atoms in total. The molecule has 1 aliphatic carbocycles. The minimum Gasteiger partial charge on any atom is -0.340 e. The first-order valence-electron chi connectivity index (χ1n) is 12.7. The van der Waals surface area contributed by atoms with Gasteiger partial charge in [-0.25, -0.2) is 4.39 Å². The van der Waals surface area contributed by atoms with Gasteiger partial charge in [0.2, 0.25) is 5.91 Å². The van der Waals surface area contributed by atoms with Crippen LogP contribution in [0, 0.1) is 11.7 Å². The first kappa shape index (κ1) is 28.0. The highest BCUT2D eigenvalue weighted by Gasteiger charge is 2.33. The largest absolute Gasteiger partial charge is 0.340 e. The van der Waals surface area contributed by atoms with Gasteiger partial charge in [0.15, 0.2) is 0 Å². The molecule has 0 bridgehead atoms. The SMILES string of the molecule is CC1=C(C(C)C(=O)N(CCCNC(C)C)C(C)C)c2cc(F)ccc2/C1=C\c1ccc(S(C)=O)cc1. The summed E-state index contributed by atoms with van der Waals surface area (Å²) in [7, 11) is -1.04. The van der Waals surface area contributed by atoms with E-state index in [1.807, 2.05) is 56.9 Å². The molecular weight excluding hydrogens is 471 g/mol. The van der Waals surface area contributed by atoms with Crippen LogP contribution < -0.4 is 5.32 Å². The van der Waals surface area contributed by atoms with Crippen molar-refractivity contribution in [2.24, 2.45) is 5.92 Å². The molecule has 0 aliphatic heterocycles. The Morgan fingerprint density at radius 3 is 2.31 bits per heavy atom. The maximum atomic E-state index is 14.4. The van der Waals surface area contributed by atoms with Crippen LogP contribution in [0.15, 0.2) is 52.9 Å². The molecule has 1 aliphatic rings. The number of rotatable bonds is 10. The van der Waals surface area contributed by atoms with Crippen molar-refractivity contribution in [2.45, 2.75) is 64.9 Å². The molecule has 0 radical (unpaired) electrons. The lowest BCUT2D eigenvalue weighted by Gasteiger charge is -2.30. The quantitative estimate of drug-likeness (QED) is 0.390. The van der Waals surface area contributed by atoms with Crippen LogP contribution in [-0.4, -0.2) is 46.4 Å². The van der Waals surface area contributed by atoms with E-state index in [1.165, 1.54) is 6.07 Å². The van der Waals surface area contributed by atoms with Crippen molar-refractivity contribution in [3.05, 3.63) is 70.5 Å². The van der Waals surface area contributed by atoms with Crippen molar-refractivity contribution >= 4 is 33.9 Å². The van der Waals surface area contributed by atoms with Crippen LogP contribution in [0.25, 0.3) is 17.2 Å². The molecule has 0 fully saturated rings. The fourth-order valence-corrected chi connectivity index (χ4v) is 5.34. The van der Waals surface area contributed by atoms with E-state index in [0.29, 0.717) is 12.6 Å².